The lowest BCUT2D eigenvalue weighted by molar-refractivity contribution is 0.653. The highest BCUT2D eigenvalue weighted by atomic mass is 32.2. The van der Waals surface area contributed by atoms with Crippen LogP contribution in [0, 0.1) is 18.3 Å². The van der Waals surface area contributed by atoms with Crippen LogP contribution >= 0.6 is 11.8 Å². The topological polar surface area (TPSA) is 30.3 Å². The molecule has 0 amide bonds. The van der Waals surface area contributed by atoms with Crippen molar-refractivity contribution in [2.24, 2.45) is 0 Å². The van der Waals surface area contributed by atoms with Gasteiger partial charge >= 0.3 is 0 Å². The molecule has 4 rings (SSSR count). The summed E-state index contributed by atoms with van der Waals surface area (Å²) < 4.78 is 0. The van der Waals surface area contributed by atoms with Gasteiger partial charge in [0.1, 0.15) is 6.07 Å². The third kappa shape index (κ3) is 4.11. The second-order valence-electron chi connectivity index (χ2n) is 7.34. The van der Waals surface area contributed by atoms with Crippen molar-refractivity contribution in [3.05, 3.63) is 77.9 Å². The summed E-state index contributed by atoms with van der Waals surface area (Å²) in [6, 6.07) is 26.1. The van der Waals surface area contributed by atoms with E-state index in [4.69, 9.17) is 0 Å². The Morgan fingerprint density at radius 1 is 0.793 bits per heavy atom. The van der Waals surface area contributed by atoms with Crippen LogP contribution in [0.5, 0.6) is 0 Å². The molecule has 3 aromatic rings. The Hall–Kier alpha value is -2.90. The molecule has 0 N–H and O–H groups in total. The van der Waals surface area contributed by atoms with E-state index >= 15 is 0 Å². The third-order valence-corrected chi connectivity index (χ3v) is 6.36. The largest absolute Gasteiger partial charge is 0.368 e. The summed E-state index contributed by atoms with van der Waals surface area (Å²) in [5.41, 5.74) is 6.77. The summed E-state index contributed by atoms with van der Waals surface area (Å²) in [5, 5.41) is 9.39. The number of anilines is 2. The van der Waals surface area contributed by atoms with E-state index in [1.54, 1.807) is 11.8 Å². The zero-order chi connectivity index (χ0) is 20.2. The van der Waals surface area contributed by atoms with Crippen LogP contribution in [-0.2, 0) is 0 Å². The quantitative estimate of drug-likeness (QED) is 0.536. The van der Waals surface area contributed by atoms with Gasteiger partial charge in [-0.3, -0.25) is 0 Å². The van der Waals surface area contributed by atoms with E-state index in [0.717, 1.165) is 42.2 Å². The van der Waals surface area contributed by atoms with Crippen molar-refractivity contribution in [3.8, 4) is 17.2 Å². The fraction of sp³-hybridized carbons (Fsp3) is 0.240. The number of aryl methyl sites for hydroxylation is 1. The van der Waals surface area contributed by atoms with Gasteiger partial charge in [0, 0.05) is 42.4 Å². The van der Waals surface area contributed by atoms with Crippen LogP contribution in [0.25, 0.3) is 11.1 Å². The Balaban J connectivity index is 1.48. The van der Waals surface area contributed by atoms with Gasteiger partial charge in [0.15, 0.2) is 0 Å². The van der Waals surface area contributed by atoms with E-state index in [2.05, 4.69) is 82.6 Å². The van der Waals surface area contributed by atoms with E-state index < -0.39 is 0 Å². The van der Waals surface area contributed by atoms with E-state index in [0.29, 0.717) is 0 Å². The van der Waals surface area contributed by atoms with Crippen LogP contribution in [0.1, 0.15) is 11.1 Å². The summed E-state index contributed by atoms with van der Waals surface area (Å²) in [6.07, 6.45) is 2.03. The lowest BCUT2D eigenvalue weighted by Gasteiger charge is -2.37. The molecule has 1 fully saturated rings. The second kappa shape index (κ2) is 8.63. The van der Waals surface area contributed by atoms with Crippen LogP contribution < -0.4 is 9.80 Å². The molecule has 0 unspecified atom stereocenters. The Labute approximate surface area is 177 Å². The van der Waals surface area contributed by atoms with Crippen molar-refractivity contribution in [2.45, 2.75) is 11.8 Å². The molecule has 29 heavy (non-hydrogen) atoms. The van der Waals surface area contributed by atoms with Gasteiger partial charge in [-0.1, -0.05) is 36.4 Å². The number of benzene rings is 3. The van der Waals surface area contributed by atoms with E-state index in [9.17, 15) is 5.26 Å². The molecule has 0 aromatic heterocycles. The Kier molecular flexibility index (Phi) is 5.78. The first-order chi connectivity index (χ1) is 14.2. The summed E-state index contributed by atoms with van der Waals surface area (Å²) in [7, 11) is 0. The number of nitriles is 1. The summed E-state index contributed by atoms with van der Waals surface area (Å²) >= 11 is 1.63. The van der Waals surface area contributed by atoms with Crippen LogP contribution in [0.4, 0.5) is 11.4 Å². The van der Waals surface area contributed by atoms with Gasteiger partial charge in [0.05, 0.1) is 5.56 Å². The maximum Gasteiger partial charge on any atom is 0.101 e. The number of para-hydroxylation sites is 1. The van der Waals surface area contributed by atoms with E-state index in [-0.39, 0.29) is 0 Å². The SMILES string of the molecule is CSc1cc(-c2ccc(N3CCN(c4ccccc4)CC3)cc2)cc(C)c1C#N. The minimum Gasteiger partial charge on any atom is -0.368 e. The third-order valence-electron chi connectivity index (χ3n) is 5.60. The van der Waals surface area contributed by atoms with Crippen LogP contribution in [0.3, 0.4) is 0 Å². The van der Waals surface area contributed by atoms with Crippen LogP contribution in [0.15, 0.2) is 71.6 Å². The molecular formula is C25H25N3S. The number of hydrogen-bond donors (Lipinski definition) is 0. The summed E-state index contributed by atoms with van der Waals surface area (Å²) in [5.74, 6) is 0. The first-order valence-electron chi connectivity index (χ1n) is 9.93. The minimum absolute atomic E-state index is 0.786. The molecule has 1 heterocycles. The highest BCUT2D eigenvalue weighted by Crippen LogP contribution is 2.31. The molecule has 146 valence electrons. The van der Waals surface area contributed by atoms with Crippen molar-refractivity contribution in [3.63, 3.8) is 0 Å². The lowest BCUT2D eigenvalue weighted by atomic mass is 10.00. The van der Waals surface area contributed by atoms with Gasteiger partial charge < -0.3 is 9.80 Å². The average molecular weight is 400 g/mol. The first kappa shape index (κ1) is 19.4. The monoisotopic (exact) mass is 399 g/mol. The Bertz CT molecular complexity index is 1010. The molecule has 0 atom stereocenters. The highest BCUT2D eigenvalue weighted by Gasteiger charge is 2.17. The molecule has 3 aromatic carbocycles. The molecule has 0 spiro atoms. The van der Waals surface area contributed by atoms with Gasteiger partial charge in [-0.25, -0.2) is 0 Å². The minimum atomic E-state index is 0.786. The predicted molar refractivity (Wildman–Crippen MR) is 124 cm³/mol. The molecule has 0 aliphatic carbocycles. The normalized spacial score (nSPS) is 14.0. The number of piperazine rings is 1. The van der Waals surface area contributed by atoms with Crippen LogP contribution in [-0.4, -0.2) is 32.4 Å². The highest BCUT2D eigenvalue weighted by molar-refractivity contribution is 7.98. The fourth-order valence-corrected chi connectivity index (χ4v) is 4.61. The molecular weight excluding hydrogens is 374 g/mol. The molecule has 0 radical (unpaired) electrons. The number of hydrogen-bond acceptors (Lipinski definition) is 4. The average Bonchev–Trinajstić information content (AvgIpc) is 2.79. The smallest absolute Gasteiger partial charge is 0.101 e. The summed E-state index contributed by atoms with van der Waals surface area (Å²) in [4.78, 5) is 5.96. The molecule has 1 aliphatic heterocycles. The van der Waals surface area contributed by atoms with Crippen molar-refractivity contribution < 1.29 is 0 Å². The molecule has 0 bridgehead atoms. The Morgan fingerprint density at radius 3 is 1.93 bits per heavy atom. The Morgan fingerprint density at radius 2 is 1.38 bits per heavy atom. The number of nitrogens with zero attached hydrogens (tertiary/aromatic N) is 3. The maximum atomic E-state index is 9.39. The second-order valence-corrected chi connectivity index (χ2v) is 8.19. The molecule has 1 saturated heterocycles. The molecule has 0 saturated carbocycles. The predicted octanol–water partition coefficient (Wildman–Crippen LogP) is 5.58. The molecule has 3 nitrogen and oxygen atoms in total. The van der Waals surface area contributed by atoms with Gasteiger partial charge in [-0.15, -0.1) is 11.8 Å². The van der Waals surface area contributed by atoms with Gasteiger partial charge in [0.25, 0.3) is 0 Å². The van der Waals surface area contributed by atoms with Crippen molar-refractivity contribution in [1.82, 2.24) is 0 Å². The van der Waals surface area contributed by atoms with Crippen molar-refractivity contribution in [1.29, 1.82) is 5.26 Å². The lowest BCUT2D eigenvalue weighted by Crippen LogP contribution is -2.46. The van der Waals surface area contributed by atoms with Gasteiger partial charge in [-0.05, 0) is 60.2 Å². The number of rotatable bonds is 4. The van der Waals surface area contributed by atoms with Crippen LogP contribution in [0.2, 0.25) is 0 Å². The number of thioether (sulfide) groups is 1. The van der Waals surface area contributed by atoms with E-state index in [1.165, 1.54) is 22.5 Å². The van der Waals surface area contributed by atoms with E-state index in [1.807, 2.05) is 13.2 Å². The zero-order valence-electron chi connectivity index (χ0n) is 16.9. The van der Waals surface area contributed by atoms with Gasteiger partial charge in [0.2, 0.25) is 0 Å². The zero-order valence-corrected chi connectivity index (χ0v) is 17.7. The molecule has 4 heteroatoms. The maximum absolute atomic E-state index is 9.39. The van der Waals surface area contributed by atoms with Crippen molar-refractivity contribution in [2.75, 3.05) is 42.2 Å². The van der Waals surface area contributed by atoms with Crippen molar-refractivity contribution >= 4 is 23.1 Å². The summed E-state index contributed by atoms with van der Waals surface area (Å²) in [6.45, 7) is 6.15. The first-order valence-corrected chi connectivity index (χ1v) is 11.2. The standard InChI is InChI=1S/C25H25N3S/c1-19-16-21(17-25(29-2)24(19)18-26)20-8-10-23(11-9-20)28-14-12-27(13-15-28)22-6-4-3-5-7-22/h3-11,16-17H,12-15H2,1-2H3. The van der Waals surface area contributed by atoms with Gasteiger partial charge in [-0.2, -0.15) is 5.26 Å². The fourth-order valence-electron chi connectivity index (χ4n) is 3.95. The molecule has 1 aliphatic rings.